The Bertz CT molecular complexity index is 340. The van der Waals surface area contributed by atoms with Crippen molar-refractivity contribution >= 4 is 0 Å². The van der Waals surface area contributed by atoms with Gasteiger partial charge in [0.1, 0.15) is 0 Å². The van der Waals surface area contributed by atoms with Crippen molar-refractivity contribution in [2.24, 2.45) is 0 Å². The van der Waals surface area contributed by atoms with Gasteiger partial charge in [-0.15, -0.1) is 0 Å². The van der Waals surface area contributed by atoms with Crippen molar-refractivity contribution in [2.45, 2.75) is 44.3 Å². The van der Waals surface area contributed by atoms with Gasteiger partial charge in [-0.25, -0.2) is 0 Å². The van der Waals surface area contributed by atoms with E-state index in [0.29, 0.717) is 0 Å². The van der Waals surface area contributed by atoms with Gasteiger partial charge in [-0.3, -0.25) is 9.88 Å². The lowest BCUT2D eigenvalue weighted by molar-refractivity contribution is 0.188. The molecular weight excluding hydrogens is 210 g/mol. The van der Waals surface area contributed by atoms with Crippen molar-refractivity contribution in [2.75, 3.05) is 13.1 Å². The Labute approximate surface area is 103 Å². The Balaban J connectivity index is 1.44. The molecule has 0 spiro atoms. The molecule has 1 saturated carbocycles. The van der Waals surface area contributed by atoms with E-state index in [0.717, 1.165) is 18.6 Å². The number of rotatable bonds is 4. The third-order valence-electron chi connectivity index (χ3n) is 3.75. The van der Waals surface area contributed by atoms with Gasteiger partial charge in [0.05, 0.1) is 5.69 Å². The van der Waals surface area contributed by atoms with Crippen molar-refractivity contribution < 1.29 is 0 Å². The summed E-state index contributed by atoms with van der Waals surface area (Å²) in [6, 6.07) is 7.79. The van der Waals surface area contributed by atoms with E-state index >= 15 is 0 Å². The third-order valence-corrected chi connectivity index (χ3v) is 3.75. The zero-order chi connectivity index (χ0) is 11.5. The number of nitrogens with one attached hydrogen (secondary N) is 1. The van der Waals surface area contributed by atoms with Crippen LogP contribution in [0.3, 0.4) is 0 Å². The number of piperidine rings is 1. The second-order valence-corrected chi connectivity index (χ2v) is 5.31. The molecule has 1 aromatic heterocycles. The van der Waals surface area contributed by atoms with Crippen LogP contribution in [0.4, 0.5) is 0 Å². The molecule has 1 aliphatic carbocycles. The van der Waals surface area contributed by atoms with E-state index in [2.05, 4.69) is 27.3 Å². The summed E-state index contributed by atoms with van der Waals surface area (Å²) in [6.45, 7) is 3.43. The van der Waals surface area contributed by atoms with Gasteiger partial charge in [0, 0.05) is 37.9 Å². The molecule has 92 valence electrons. The van der Waals surface area contributed by atoms with E-state index in [1.165, 1.54) is 44.5 Å². The average molecular weight is 231 g/mol. The maximum absolute atomic E-state index is 4.39. The predicted molar refractivity (Wildman–Crippen MR) is 68.7 cm³/mol. The monoisotopic (exact) mass is 231 g/mol. The zero-order valence-corrected chi connectivity index (χ0v) is 10.3. The predicted octanol–water partition coefficient (Wildman–Crippen LogP) is 1.80. The van der Waals surface area contributed by atoms with Gasteiger partial charge in [-0.05, 0) is 37.8 Å². The molecule has 3 rings (SSSR count). The van der Waals surface area contributed by atoms with Crippen LogP contribution in [0.2, 0.25) is 0 Å². The Morgan fingerprint density at radius 2 is 1.88 bits per heavy atom. The fourth-order valence-electron chi connectivity index (χ4n) is 2.56. The number of hydrogen-bond acceptors (Lipinski definition) is 3. The molecule has 0 aromatic carbocycles. The highest BCUT2D eigenvalue weighted by atomic mass is 15.2. The van der Waals surface area contributed by atoms with Gasteiger partial charge in [0.15, 0.2) is 0 Å². The zero-order valence-electron chi connectivity index (χ0n) is 10.3. The Kier molecular flexibility index (Phi) is 3.39. The fourth-order valence-corrected chi connectivity index (χ4v) is 2.56. The lowest BCUT2D eigenvalue weighted by Gasteiger charge is -2.32. The van der Waals surface area contributed by atoms with Crippen molar-refractivity contribution in [3.8, 4) is 0 Å². The molecule has 3 nitrogen and oxygen atoms in total. The van der Waals surface area contributed by atoms with Gasteiger partial charge in [0.25, 0.3) is 0 Å². The molecule has 3 heteroatoms. The van der Waals surface area contributed by atoms with Crippen LogP contribution in [0.15, 0.2) is 24.4 Å². The van der Waals surface area contributed by atoms with Crippen molar-refractivity contribution in [3.05, 3.63) is 30.1 Å². The van der Waals surface area contributed by atoms with Gasteiger partial charge in [-0.1, -0.05) is 6.07 Å². The average Bonchev–Trinajstić information content (AvgIpc) is 3.17. The molecule has 0 unspecified atom stereocenters. The quantitative estimate of drug-likeness (QED) is 0.856. The lowest BCUT2D eigenvalue weighted by Crippen LogP contribution is -2.42. The summed E-state index contributed by atoms with van der Waals surface area (Å²) in [6.07, 6.45) is 7.27. The molecule has 1 aromatic rings. The molecule has 0 bridgehead atoms. The summed E-state index contributed by atoms with van der Waals surface area (Å²) >= 11 is 0. The van der Waals surface area contributed by atoms with E-state index < -0.39 is 0 Å². The topological polar surface area (TPSA) is 28.2 Å². The van der Waals surface area contributed by atoms with E-state index in [-0.39, 0.29) is 0 Å². The summed E-state index contributed by atoms with van der Waals surface area (Å²) in [5.74, 6) is 0. The highest BCUT2D eigenvalue weighted by molar-refractivity contribution is 5.03. The summed E-state index contributed by atoms with van der Waals surface area (Å²) in [4.78, 5) is 6.91. The first-order chi connectivity index (χ1) is 8.40. The van der Waals surface area contributed by atoms with E-state index in [4.69, 9.17) is 0 Å². The van der Waals surface area contributed by atoms with Gasteiger partial charge >= 0.3 is 0 Å². The lowest BCUT2D eigenvalue weighted by atomic mass is 10.0. The number of hydrogen-bond donors (Lipinski definition) is 1. The van der Waals surface area contributed by atoms with Crippen molar-refractivity contribution in [1.29, 1.82) is 0 Å². The number of pyridine rings is 1. The minimum Gasteiger partial charge on any atom is -0.311 e. The molecule has 17 heavy (non-hydrogen) atoms. The molecule has 0 radical (unpaired) electrons. The minimum atomic E-state index is 0.766. The molecule has 2 heterocycles. The minimum absolute atomic E-state index is 0.766. The molecule has 1 N–H and O–H groups in total. The van der Waals surface area contributed by atoms with E-state index in [1.54, 1.807) is 0 Å². The van der Waals surface area contributed by atoms with Crippen LogP contribution < -0.4 is 5.32 Å². The number of aromatic nitrogens is 1. The smallest absolute Gasteiger partial charge is 0.0543 e. The first kappa shape index (κ1) is 11.2. The summed E-state index contributed by atoms with van der Waals surface area (Å²) < 4.78 is 0. The van der Waals surface area contributed by atoms with Crippen molar-refractivity contribution in [1.82, 2.24) is 15.2 Å². The molecule has 0 amide bonds. The summed E-state index contributed by atoms with van der Waals surface area (Å²) in [5, 5.41) is 3.73. The maximum Gasteiger partial charge on any atom is 0.0543 e. The number of likely N-dealkylation sites (tertiary alicyclic amines) is 1. The van der Waals surface area contributed by atoms with Crippen LogP contribution in [0.25, 0.3) is 0 Å². The van der Waals surface area contributed by atoms with Crippen LogP contribution in [0.1, 0.15) is 31.4 Å². The normalized spacial score (nSPS) is 22.8. The van der Waals surface area contributed by atoms with E-state index in [1.807, 2.05) is 12.3 Å². The summed E-state index contributed by atoms with van der Waals surface area (Å²) in [7, 11) is 0. The standard InChI is InChI=1S/C14H21N3/c1-2-8-15-14(3-1)11-17-9-6-13(7-10-17)16-12-4-5-12/h1-3,8,12-13,16H,4-7,9-11H2. The van der Waals surface area contributed by atoms with Crippen molar-refractivity contribution in [3.63, 3.8) is 0 Å². The van der Waals surface area contributed by atoms with E-state index in [9.17, 15) is 0 Å². The first-order valence-corrected chi connectivity index (χ1v) is 6.78. The molecule has 2 aliphatic rings. The molecule has 0 atom stereocenters. The number of nitrogens with zero attached hydrogens (tertiary/aromatic N) is 2. The van der Waals surface area contributed by atoms with Gasteiger partial charge < -0.3 is 5.32 Å². The second kappa shape index (κ2) is 5.15. The Morgan fingerprint density at radius 1 is 1.12 bits per heavy atom. The molecule has 1 aliphatic heterocycles. The Morgan fingerprint density at radius 3 is 2.53 bits per heavy atom. The summed E-state index contributed by atoms with van der Waals surface area (Å²) in [5.41, 5.74) is 1.20. The van der Waals surface area contributed by atoms with Crippen LogP contribution in [0, 0.1) is 0 Å². The highest BCUT2D eigenvalue weighted by Gasteiger charge is 2.26. The first-order valence-electron chi connectivity index (χ1n) is 6.78. The maximum atomic E-state index is 4.39. The van der Waals surface area contributed by atoms with Crippen LogP contribution in [-0.4, -0.2) is 35.1 Å². The highest BCUT2D eigenvalue weighted by Crippen LogP contribution is 2.22. The van der Waals surface area contributed by atoms with Gasteiger partial charge in [-0.2, -0.15) is 0 Å². The molecular formula is C14H21N3. The fraction of sp³-hybridized carbons (Fsp3) is 0.643. The van der Waals surface area contributed by atoms with Gasteiger partial charge in [0.2, 0.25) is 0 Å². The van der Waals surface area contributed by atoms with Crippen LogP contribution in [-0.2, 0) is 6.54 Å². The molecule has 1 saturated heterocycles. The van der Waals surface area contributed by atoms with Crippen LogP contribution in [0.5, 0.6) is 0 Å². The largest absolute Gasteiger partial charge is 0.311 e. The van der Waals surface area contributed by atoms with Crippen LogP contribution >= 0.6 is 0 Å². The Hall–Kier alpha value is -0.930. The molecule has 2 fully saturated rings. The third kappa shape index (κ3) is 3.27. The second-order valence-electron chi connectivity index (χ2n) is 5.31. The SMILES string of the molecule is c1ccc(CN2CCC(NC3CC3)CC2)nc1.